The first-order valence-electron chi connectivity index (χ1n) is 12.1. The monoisotopic (exact) mass is 465 g/mol. The third-order valence-corrected chi connectivity index (χ3v) is 7.81. The molecule has 180 valence electrons. The molecule has 1 aromatic carbocycles. The predicted molar refractivity (Wildman–Crippen MR) is 124 cm³/mol. The Balaban J connectivity index is 1.37. The van der Waals surface area contributed by atoms with E-state index in [0.717, 1.165) is 30.2 Å². The Morgan fingerprint density at radius 1 is 1.38 bits per heavy atom. The zero-order chi connectivity index (χ0) is 23.8. The van der Waals surface area contributed by atoms with Gasteiger partial charge in [0.25, 0.3) is 0 Å². The first-order chi connectivity index (χ1) is 16.5. The number of carbonyl (C=O) groups excluding carboxylic acids is 2. The van der Waals surface area contributed by atoms with Crippen LogP contribution in [0.15, 0.2) is 24.3 Å². The van der Waals surface area contributed by atoms with Crippen molar-refractivity contribution < 1.29 is 19.4 Å². The fourth-order valence-corrected chi connectivity index (χ4v) is 6.14. The molecule has 2 aromatic rings. The number of aromatic nitrogens is 1. The smallest absolute Gasteiger partial charge is 0.238 e. The molecule has 1 aliphatic carbocycles. The summed E-state index contributed by atoms with van der Waals surface area (Å²) in [6.45, 7) is 1.23. The highest BCUT2D eigenvalue weighted by atomic mass is 16.5. The molecule has 5 rings (SSSR count). The molecule has 3 fully saturated rings. The zero-order valence-corrected chi connectivity index (χ0v) is 19.3. The highest BCUT2D eigenvalue weighted by Crippen LogP contribution is 2.45. The maximum Gasteiger partial charge on any atom is 0.238 e. The van der Waals surface area contributed by atoms with Gasteiger partial charge >= 0.3 is 0 Å². The quantitative estimate of drug-likeness (QED) is 0.493. The summed E-state index contributed by atoms with van der Waals surface area (Å²) in [6.07, 6.45) is 3.02. The Hall–Kier alpha value is -3.09. The third kappa shape index (κ3) is 4.01. The number of H-pyrrole nitrogens is 1. The molecule has 1 saturated carbocycles. The number of ether oxygens (including phenoxy) is 1. The minimum Gasteiger partial charge on any atom is -0.496 e. The zero-order valence-electron chi connectivity index (χ0n) is 19.3. The van der Waals surface area contributed by atoms with Crippen LogP contribution >= 0.6 is 0 Å². The summed E-state index contributed by atoms with van der Waals surface area (Å²) in [5.74, 6) is 0.640. The van der Waals surface area contributed by atoms with Gasteiger partial charge in [0.2, 0.25) is 11.8 Å². The fraction of sp³-hybridized carbons (Fsp3) is 0.560. The van der Waals surface area contributed by atoms with Gasteiger partial charge in [-0.15, -0.1) is 0 Å². The molecule has 1 aromatic heterocycles. The number of benzene rings is 1. The van der Waals surface area contributed by atoms with Crippen LogP contribution in [0.5, 0.6) is 5.75 Å². The normalized spacial score (nSPS) is 28.3. The third-order valence-electron chi connectivity index (χ3n) is 7.81. The van der Waals surface area contributed by atoms with Crippen LogP contribution in [-0.2, 0) is 9.59 Å². The number of carbonyl (C=O) groups is 2. The Labute approximate surface area is 198 Å². The second kappa shape index (κ2) is 9.28. The lowest BCUT2D eigenvalue weighted by Crippen LogP contribution is -2.50. The van der Waals surface area contributed by atoms with Crippen LogP contribution in [0.25, 0.3) is 10.9 Å². The Morgan fingerprint density at radius 3 is 2.97 bits per heavy atom. The summed E-state index contributed by atoms with van der Waals surface area (Å²) in [7, 11) is 1.61. The number of methoxy groups -OCH3 is 1. The van der Waals surface area contributed by atoms with E-state index < -0.39 is 18.3 Å². The summed E-state index contributed by atoms with van der Waals surface area (Å²) in [5.41, 5.74) is 1.46. The van der Waals surface area contributed by atoms with Crippen LogP contribution in [0.4, 0.5) is 0 Å². The molecule has 9 nitrogen and oxygen atoms in total. The average Bonchev–Trinajstić information content (AvgIpc) is 3.61. The highest BCUT2D eigenvalue weighted by molar-refractivity contribution is 5.87. The molecule has 4 N–H and O–H groups in total. The number of hydrogen-bond acceptors (Lipinski definition) is 6. The van der Waals surface area contributed by atoms with Crippen LogP contribution in [0.2, 0.25) is 0 Å². The van der Waals surface area contributed by atoms with Crippen LogP contribution in [0, 0.1) is 29.1 Å². The highest BCUT2D eigenvalue weighted by Gasteiger charge is 2.50. The van der Waals surface area contributed by atoms with Gasteiger partial charge in [0, 0.05) is 29.9 Å². The van der Waals surface area contributed by atoms with Gasteiger partial charge in [0.05, 0.1) is 24.9 Å². The fourth-order valence-electron chi connectivity index (χ4n) is 6.14. The molecular weight excluding hydrogens is 434 g/mol. The minimum atomic E-state index is -0.986. The number of aliphatic hydroxyl groups excluding tert-OH is 1. The Kier molecular flexibility index (Phi) is 6.19. The SMILES string of the molecule is COc1cccc2[nH]c(C(O)N3C[C@@H]4CCC[C@@H]4[C@H]3C(=O)N[C@H](C#N)C[C@@H]3CCNC3=O)cc12. The summed E-state index contributed by atoms with van der Waals surface area (Å²) >= 11 is 0. The van der Waals surface area contributed by atoms with Gasteiger partial charge in [-0.05, 0) is 55.7 Å². The van der Waals surface area contributed by atoms with E-state index >= 15 is 0 Å². The van der Waals surface area contributed by atoms with Gasteiger partial charge in [0.15, 0.2) is 0 Å². The lowest BCUT2D eigenvalue weighted by molar-refractivity contribution is -0.132. The second-order valence-electron chi connectivity index (χ2n) is 9.72. The van der Waals surface area contributed by atoms with Crippen molar-refractivity contribution >= 4 is 22.7 Å². The van der Waals surface area contributed by atoms with Crippen molar-refractivity contribution in [3.05, 3.63) is 30.0 Å². The van der Waals surface area contributed by atoms with Gasteiger partial charge < -0.3 is 25.5 Å². The van der Waals surface area contributed by atoms with Crippen molar-refractivity contribution in [2.24, 2.45) is 17.8 Å². The van der Waals surface area contributed by atoms with Crippen molar-refractivity contribution in [3.63, 3.8) is 0 Å². The summed E-state index contributed by atoms with van der Waals surface area (Å²) in [5, 5.41) is 27.6. The first-order valence-corrected chi connectivity index (χ1v) is 12.1. The molecule has 0 bridgehead atoms. The molecule has 34 heavy (non-hydrogen) atoms. The van der Waals surface area contributed by atoms with Crippen LogP contribution in [0.3, 0.4) is 0 Å². The number of likely N-dealkylation sites (tertiary alicyclic amines) is 1. The molecule has 0 radical (unpaired) electrons. The molecule has 2 aliphatic heterocycles. The van der Waals surface area contributed by atoms with E-state index in [0.29, 0.717) is 43.3 Å². The molecular formula is C25H31N5O4. The summed E-state index contributed by atoms with van der Waals surface area (Å²) in [6, 6.07) is 8.45. The number of fused-ring (bicyclic) bond motifs is 2. The van der Waals surface area contributed by atoms with E-state index in [-0.39, 0.29) is 23.7 Å². The molecule has 9 heteroatoms. The number of hydrogen-bond donors (Lipinski definition) is 4. The number of nitrogens with zero attached hydrogens (tertiary/aromatic N) is 2. The lowest BCUT2D eigenvalue weighted by atomic mass is 9.92. The summed E-state index contributed by atoms with van der Waals surface area (Å²) in [4.78, 5) is 30.6. The number of aromatic amines is 1. The first kappa shape index (κ1) is 22.7. The number of nitrogens with one attached hydrogen (secondary N) is 3. The van der Waals surface area contributed by atoms with Crippen molar-refractivity contribution in [2.45, 2.75) is 50.4 Å². The van der Waals surface area contributed by atoms with Gasteiger partial charge in [-0.1, -0.05) is 12.5 Å². The maximum atomic E-state index is 13.5. The minimum absolute atomic E-state index is 0.0579. The number of amides is 2. The predicted octanol–water partition coefficient (Wildman–Crippen LogP) is 1.80. The summed E-state index contributed by atoms with van der Waals surface area (Å²) < 4.78 is 5.45. The van der Waals surface area contributed by atoms with Crippen molar-refractivity contribution in [2.75, 3.05) is 20.2 Å². The van der Waals surface area contributed by atoms with Gasteiger partial charge in [0.1, 0.15) is 18.0 Å². The second-order valence-corrected chi connectivity index (χ2v) is 9.72. The van der Waals surface area contributed by atoms with Crippen molar-refractivity contribution in [3.8, 4) is 11.8 Å². The van der Waals surface area contributed by atoms with Crippen LogP contribution < -0.4 is 15.4 Å². The van der Waals surface area contributed by atoms with E-state index in [1.165, 1.54) is 0 Å². The largest absolute Gasteiger partial charge is 0.496 e. The molecule has 3 heterocycles. The lowest BCUT2D eigenvalue weighted by Gasteiger charge is -2.31. The van der Waals surface area contributed by atoms with E-state index in [1.54, 1.807) is 7.11 Å². The Morgan fingerprint density at radius 2 is 2.24 bits per heavy atom. The van der Waals surface area contributed by atoms with E-state index in [9.17, 15) is 20.0 Å². The number of aliphatic hydroxyl groups is 1. The van der Waals surface area contributed by atoms with Crippen LogP contribution in [-0.4, -0.2) is 59.1 Å². The van der Waals surface area contributed by atoms with Gasteiger partial charge in [-0.25, -0.2) is 0 Å². The van der Waals surface area contributed by atoms with Gasteiger partial charge in [-0.3, -0.25) is 14.5 Å². The van der Waals surface area contributed by atoms with E-state index in [4.69, 9.17) is 4.74 Å². The molecule has 2 saturated heterocycles. The maximum absolute atomic E-state index is 13.5. The standard InChI is InChI=1S/C25H31N5O4/c1-34-21-7-3-6-19-18(21)11-20(29-19)25(33)30-13-15-4-2-5-17(15)22(30)24(32)28-16(12-26)10-14-8-9-27-23(14)31/h3,6-7,11,14-17,22,25,29,33H,2,4-5,8-10,13H2,1H3,(H,27,31)(H,28,32)/t14-,15-,16-,17-,22-,25?/m0/s1. The average molecular weight is 466 g/mol. The van der Waals surface area contributed by atoms with Crippen LogP contribution in [0.1, 0.15) is 44.0 Å². The van der Waals surface area contributed by atoms with Crippen molar-refractivity contribution in [1.82, 2.24) is 20.5 Å². The Bertz CT molecular complexity index is 1120. The number of nitriles is 1. The molecule has 1 unspecified atom stereocenters. The molecule has 6 atom stereocenters. The number of rotatable bonds is 7. The van der Waals surface area contributed by atoms with Crippen molar-refractivity contribution in [1.29, 1.82) is 5.26 Å². The van der Waals surface area contributed by atoms with Gasteiger partial charge in [-0.2, -0.15) is 5.26 Å². The van der Waals surface area contributed by atoms with E-state index in [2.05, 4.69) is 21.7 Å². The molecule has 3 aliphatic rings. The molecule has 2 amide bonds. The topological polar surface area (TPSA) is 130 Å². The molecule has 0 spiro atoms. The van der Waals surface area contributed by atoms with E-state index in [1.807, 2.05) is 29.2 Å².